The highest BCUT2D eigenvalue weighted by Gasteiger charge is 2.44. The summed E-state index contributed by atoms with van der Waals surface area (Å²) >= 11 is 3.42. The highest BCUT2D eigenvalue weighted by molar-refractivity contribution is 14.1. The number of hydrogen-bond donors (Lipinski definition) is 4. The number of carbonyl (C=O) groups is 2. The van der Waals surface area contributed by atoms with Crippen LogP contribution in [0.25, 0.3) is 11.3 Å². The Morgan fingerprint density at radius 2 is 1.97 bits per heavy atom. The summed E-state index contributed by atoms with van der Waals surface area (Å²) in [6.45, 7) is -0.506. The van der Waals surface area contributed by atoms with Gasteiger partial charge < -0.3 is 25.3 Å². The molecule has 0 spiro atoms. The van der Waals surface area contributed by atoms with Crippen LogP contribution in [0, 0.1) is 9.39 Å². The number of urea groups is 1. The number of aliphatic hydroxyl groups excluding tert-OH is 2. The summed E-state index contributed by atoms with van der Waals surface area (Å²) in [7, 11) is 0. The van der Waals surface area contributed by atoms with E-state index < -0.39 is 42.6 Å². The number of aliphatic hydroxyl groups is 2. The number of halogens is 2. The van der Waals surface area contributed by atoms with Gasteiger partial charge in [0.1, 0.15) is 42.2 Å². The molecule has 39 heavy (non-hydrogen) atoms. The van der Waals surface area contributed by atoms with Crippen molar-refractivity contribution < 1.29 is 28.9 Å². The fourth-order valence-electron chi connectivity index (χ4n) is 4.21. The van der Waals surface area contributed by atoms with Crippen molar-refractivity contribution >= 4 is 45.9 Å². The first kappa shape index (κ1) is 27.2. The number of aromatic nitrogens is 3. The summed E-state index contributed by atoms with van der Waals surface area (Å²) in [5.41, 5.74) is 3.63. The van der Waals surface area contributed by atoms with E-state index in [2.05, 4.69) is 20.3 Å². The van der Waals surface area contributed by atoms with E-state index in [4.69, 9.17) is 9.84 Å². The van der Waals surface area contributed by atoms with Crippen molar-refractivity contribution in [3.63, 3.8) is 0 Å². The normalized spacial score (nSPS) is 16.8. The van der Waals surface area contributed by atoms with Gasteiger partial charge in [0, 0.05) is 20.9 Å². The molecule has 0 bridgehead atoms. The third kappa shape index (κ3) is 5.95. The van der Waals surface area contributed by atoms with Crippen molar-refractivity contribution in [3.8, 4) is 17.0 Å². The molecule has 0 radical (unpaired) electrons. The van der Waals surface area contributed by atoms with Gasteiger partial charge >= 0.3 is 6.03 Å². The maximum Gasteiger partial charge on any atom is 0.325 e. The SMILES string of the molecule is O=C1NC(c2ccc(OC[C@H](O)CO)cc2)C(=O)N1[C@H](Cc1cscn1)c1ncc(-c2ccc(I)cc2F)[nH]1. The Labute approximate surface area is 240 Å². The first-order chi connectivity index (χ1) is 18.8. The second-order valence-electron chi connectivity index (χ2n) is 8.81. The largest absolute Gasteiger partial charge is 0.491 e. The number of ether oxygens (including phenoxy) is 1. The molecule has 1 saturated heterocycles. The Balaban J connectivity index is 1.41. The van der Waals surface area contributed by atoms with Crippen LogP contribution in [0.1, 0.15) is 29.2 Å². The molecule has 13 heteroatoms. The maximum absolute atomic E-state index is 14.6. The predicted molar refractivity (Wildman–Crippen MR) is 148 cm³/mol. The van der Waals surface area contributed by atoms with Crippen LogP contribution >= 0.6 is 33.9 Å². The lowest BCUT2D eigenvalue weighted by molar-refractivity contribution is -0.129. The Kier molecular flexibility index (Phi) is 8.20. The van der Waals surface area contributed by atoms with Gasteiger partial charge in [-0.1, -0.05) is 12.1 Å². The van der Waals surface area contributed by atoms with Crippen molar-refractivity contribution in [2.24, 2.45) is 0 Å². The minimum absolute atomic E-state index is 0.0851. The zero-order valence-electron chi connectivity index (χ0n) is 20.3. The molecule has 0 saturated carbocycles. The van der Waals surface area contributed by atoms with Gasteiger partial charge in [-0.3, -0.25) is 9.69 Å². The van der Waals surface area contributed by atoms with E-state index in [1.807, 2.05) is 28.0 Å². The number of hydrogen-bond acceptors (Lipinski definition) is 8. The molecular weight excluding hydrogens is 640 g/mol. The van der Waals surface area contributed by atoms with Crippen molar-refractivity contribution in [2.75, 3.05) is 13.2 Å². The molecule has 3 atom stereocenters. The molecule has 202 valence electrons. The Hall–Kier alpha value is -3.40. The van der Waals surface area contributed by atoms with Gasteiger partial charge in [0.25, 0.3) is 5.91 Å². The van der Waals surface area contributed by atoms with Gasteiger partial charge in [-0.2, -0.15) is 0 Å². The van der Waals surface area contributed by atoms with E-state index >= 15 is 0 Å². The predicted octanol–water partition coefficient (Wildman–Crippen LogP) is 3.59. The topological polar surface area (TPSA) is 141 Å². The second-order valence-corrected chi connectivity index (χ2v) is 10.8. The van der Waals surface area contributed by atoms with Crippen LogP contribution in [0.3, 0.4) is 0 Å². The average Bonchev–Trinajstić information content (AvgIpc) is 3.68. The summed E-state index contributed by atoms with van der Waals surface area (Å²) < 4.78 is 20.8. The number of rotatable bonds is 10. The molecule has 5 rings (SSSR count). The number of carbonyl (C=O) groups excluding carboxylic acids is 2. The number of aromatic amines is 1. The molecular formula is C26H23FIN5O5S. The van der Waals surface area contributed by atoms with E-state index in [-0.39, 0.29) is 13.0 Å². The van der Waals surface area contributed by atoms with E-state index in [0.29, 0.717) is 34.1 Å². The summed E-state index contributed by atoms with van der Waals surface area (Å²) in [5, 5.41) is 23.0. The van der Waals surface area contributed by atoms with Crippen LogP contribution in [0.15, 0.2) is 59.6 Å². The van der Waals surface area contributed by atoms with Crippen LogP contribution < -0.4 is 10.1 Å². The molecule has 4 N–H and O–H groups in total. The van der Waals surface area contributed by atoms with Crippen molar-refractivity contribution in [1.29, 1.82) is 0 Å². The standard InChI is InChI=1S/C26H23FIN5O5S/c27-20-7-15(28)3-6-19(20)21-9-29-24(31-21)22(8-16-12-39-13-30-16)33-25(36)23(32-26(33)37)14-1-4-18(5-2-14)38-11-17(35)10-34/h1-7,9,12-13,17,22-23,34-35H,8,10-11H2,(H,29,31)(H,32,37)/t17-,22-,23?/m1/s1. The van der Waals surface area contributed by atoms with E-state index in [1.54, 1.807) is 41.9 Å². The van der Waals surface area contributed by atoms with Crippen molar-refractivity contribution in [1.82, 2.24) is 25.2 Å². The fraction of sp³-hybridized carbons (Fsp3) is 0.231. The molecule has 2 aromatic heterocycles. The smallest absolute Gasteiger partial charge is 0.325 e. The van der Waals surface area contributed by atoms with Gasteiger partial charge in [0.2, 0.25) is 0 Å². The lowest BCUT2D eigenvalue weighted by Crippen LogP contribution is -2.37. The molecule has 3 amide bonds. The molecule has 1 unspecified atom stereocenters. The minimum atomic E-state index is -1.01. The minimum Gasteiger partial charge on any atom is -0.491 e. The van der Waals surface area contributed by atoms with Gasteiger partial charge in [0.05, 0.1) is 29.7 Å². The number of amides is 3. The Bertz CT molecular complexity index is 1470. The Morgan fingerprint density at radius 1 is 1.18 bits per heavy atom. The van der Waals surface area contributed by atoms with Crippen LogP contribution in [-0.4, -0.2) is 61.3 Å². The monoisotopic (exact) mass is 663 g/mol. The van der Waals surface area contributed by atoms with E-state index in [0.717, 1.165) is 8.47 Å². The van der Waals surface area contributed by atoms with Crippen LogP contribution in [-0.2, 0) is 11.2 Å². The zero-order valence-corrected chi connectivity index (χ0v) is 23.2. The Morgan fingerprint density at radius 3 is 2.67 bits per heavy atom. The molecule has 2 aromatic carbocycles. The molecule has 10 nitrogen and oxygen atoms in total. The van der Waals surface area contributed by atoms with Crippen LogP contribution in [0.2, 0.25) is 0 Å². The van der Waals surface area contributed by atoms with Gasteiger partial charge in [-0.05, 0) is 58.5 Å². The molecule has 1 aliphatic heterocycles. The summed E-state index contributed by atoms with van der Waals surface area (Å²) in [6.07, 6.45) is 0.696. The highest BCUT2D eigenvalue weighted by Crippen LogP contribution is 2.33. The first-order valence-electron chi connectivity index (χ1n) is 11.9. The third-order valence-electron chi connectivity index (χ3n) is 6.17. The molecule has 1 aliphatic rings. The summed E-state index contributed by atoms with van der Waals surface area (Å²) in [4.78, 5) is 39.7. The molecule has 0 aliphatic carbocycles. The molecule has 3 heterocycles. The summed E-state index contributed by atoms with van der Waals surface area (Å²) in [6, 6.07) is 9.02. The summed E-state index contributed by atoms with van der Waals surface area (Å²) in [5.74, 6) is -0.122. The average molecular weight is 663 g/mol. The maximum atomic E-state index is 14.6. The zero-order chi connectivity index (χ0) is 27.5. The third-order valence-corrected chi connectivity index (χ3v) is 7.47. The quantitative estimate of drug-likeness (QED) is 0.150. The van der Waals surface area contributed by atoms with Crippen LogP contribution in [0.5, 0.6) is 5.75 Å². The highest BCUT2D eigenvalue weighted by atomic mass is 127. The van der Waals surface area contributed by atoms with Gasteiger partial charge in [-0.15, -0.1) is 11.3 Å². The number of benzene rings is 2. The number of thiazole rings is 1. The first-order valence-corrected chi connectivity index (χ1v) is 13.9. The van der Waals surface area contributed by atoms with Crippen molar-refractivity contribution in [3.05, 3.63) is 86.0 Å². The van der Waals surface area contributed by atoms with Crippen LogP contribution in [0.4, 0.5) is 9.18 Å². The number of imide groups is 1. The molecule has 4 aromatic rings. The van der Waals surface area contributed by atoms with E-state index in [9.17, 15) is 19.1 Å². The lowest BCUT2D eigenvalue weighted by atomic mass is 10.1. The van der Waals surface area contributed by atoms with Gasteiger partial charge in [0.15, 0.2) is 0 Å². The van der Waals surface area contributed by atoms with E-state index in [1.165, 1.54) is 23.6 Å². The molecule has 1 fully saturated rings. The number of nitrogens with zero attached hydrogens (tertiary/aromatic N) is 3. The van der Waals surface area contributed by atoms with Crippen molar-refractivity contribution in [2.45, 2.75) is 24.6 Å². The lowest BCUT2D eigenvalue weighted by Gasteiger charge is -2.23. The number of imidazole rings is 1. The second kappa shape index (κ2) is 11.8. The fourth-order valence-corrected chi connectivity index (χ4v) is 5.24. The number of H-pyrrole nitrogens is 1. The number of nitrogens with one attached hydrogen (secondary N) is 2. The van der Waals surface area contributed by atoms with Gasteiger partial charge in [-0.25, -0.2) is 19.2 Å².